The van der Waals surface area contributed by atoms with Crippen LogP contribution in [0.3, 0.4) is 0 Å². The molecular weight excluding hydrogens is 294 g/mol. The van der Waals surface area contributed by atoms with E-state index in [1.54, 1.807) is 20.8 Å². The van der Waals surface area contributed by atoms with Crippen LogP contribution in [0.5, 0.6) is 0 Å². The van der Waals surface area contributed by atoms with Crippen LogP contribution in [-0.2, 0) is 14.3 Å². The Balaban J connectivity index is 2.92. The van der Waals surface area contributed by atoms with Crippen molar-refractivity contribution >= 4 is 34.2 Å². The monoisotopic (exact) mass is 312 g/mol. The second kappa shape index (κ2) is 7.21. The summed E-state index contributed by atoms with van der Waals surface area (Å²) in [5.74, 6) is -2.26. The first kappa shape index (κ1) is 17.2. The maximum absolute atomic E-state index is 12.1. The van der Waals surface area contributed by atoms with Gasteiger partial charge in [-0.25, -0.2) is 4.79 Å². The number of aryl methyl sites for hydroxylation is 1. The van der Waals surface area contributed by atoms with Crippen LogP contribution in [0.25, 0.3) is 0 Å². The number of amides is 1. The standard InChI is InChI=1S/C14H19NO5S/c1-7(2)20-14(19)12-8(3)9(4)21-13(12)15-10(16)5-6-11(17)18/h7H,5-6H2,1-4H3,(H,15,16)(H,17,18)/p-1. The van der Waals surface area contributed by atoms with Crippen molar-refractivity contribution in [1.29, 1.82) is 0 Å². The zero-order chi connectivity index (χ0) is 16.2. The number of nitrogens with one attached hydrogen (secondary N) is 1. The number of hydrogen-bond donors (Lipinski definition) is 1. The van der Waals surface area contributed by atoms with Crippen molar-refractivity contribution in [3.05, 3.63) is 16.0 Å². The predicted octanol–water partition coefficient (Wildman–Crippen LogP) is 1.40. The average molecular weight is 312 g/mol. The molecule has 116 valence electrons. The second-order valence-electron chi connectivity index (χ2n) is 4.86. The van der Waals surface area contributed by atoms with E-state index in [-0.39, 0.29) is 18.9 Å². The molecule has 7 heteroatoms. The van der Waals surface area contributed by atoms with Crippen molar-refractivity contribution in [3.8, 4) is 0 Å². The summed E-state index contributed by atoms with van der Waals surface area (Å²) in [6.45, 7) is 7.09. The van der Waals surface area contributed by atoms with Gasteiger partial charge >= 0.3 is 5.97 Å². The van der Waals surface area contributed by atoms with E-state index in [1.807, 2.05) is 6.92 Å². The van der Waals surface area contributed by atoms with Crippen LogP contribution in [0.15, 0.2) is 0 Å². The number of hydrogen-bond acceptors (Lipinski definition) is 6. The quantitative estimate of drug-likeness (QED) is 0.801. The minimum atomic E-state index is -1.29. The maximum Gasteiger partial charge on any atom is 0.341 e. The van der Waals surface area contributed by atoms with Gasteiger partial charge in [0.15, 0.2) is 0 Å². The van der Waals surface area contributed by atoms with E-state index in [9.17, 15) is 19.5 Å². The van der Waals surface area contributed by atoms with Gasteiger partial charge in [-0.3, -0.25) is 4.79 Å². The van der Waals surface area contributed by atoms with Gasteiger partial charge in [0.25, 0.3) is 0 Å². The summed E-state index contributed by atoms with van der Waals surface area (Å²) in [7, 11) is 0. The van der Waals surface area contributed by atoms with E-state index < -0.39 is 17.8 Å². The van der Waals surface area contributed by atoms with Crippen LogP contribution in [0, 0.1) is 13.8 Å². The molecule has 1 N–H and O–H groups in total. The van der Waals surface area contributed by atoms with Crippen molar-refractivity contribution < 1.29 is 24.2 Å². The third-order valence-corrected chi connectivity index (χ3v) is 3.86. The maximum atomic E-state index is 12.1. The molecule has 0 atom stereocenters. The number of ether oxygens (including phenoxy) is 1. The van der Waals surface area contributed by atoms with Crippen LogP contribution in [0.2, 0.25) is 0 Å². The molecule has 6 nitrogen and oxygen atoms in total. The lowest BCUT2D eigenvalue weighted by Gasteiger charge is -2.10. The largest absolute Gasteiger partial charge is 0.550 e. The molecule has 0 aliphatic heterocycles. The second-order valence-corrected chi connectivity index (χ2v) is 6.09. The zero-order valence-corrected chi connectivity index (χ0v) is 13.3. The van der Waals surface area contributed by atoms with Crippen molar-refractivity contribution in [1.82, 2.24) is 0 Å². The highest BCUT2D eigenvalue weighted by Crippen LogP contribution is 2.33. The van der Waals surface area contributed by atoms with E-state index in [4.69, 9.17) is 4.74 Å². The van der Waals surface area contributed by atoms with E-state index in [0.29, 0.717) is 10.6 Å². The lowest BCUT2D eigenvalue weighted by Crippen LogP contribution is -2.24. The van der Waals surface area contributed by atoms with E-state index >= 15 is 0 Å². The Hall–Kier alpha value is -1.89. The van der Waals surface area contributed by atoms with Gasteiger partial charge in [0.1, 0.15) is 5.00 Å². The summed E-state index contributed by atoms with van der Waals surface area (Å²) in [6, 6.07) is 0. The molecule has 1 heterocycles. The number of carbonyl (C=O) groups is 3. The highest BCUT2D eigenvalue weighted by atomic mass is 32.1. The van der Waals surface area contributed by atoms with Gasteiger partial charge in [-0.05, 0) is 39.7 Å². The van der Waals surface area contributed by atoms with Crippen LogP contribution in [0.4, 0.5) is 5.00 Å². The summed E-state index contributed by atoms with van der Waals surface area (Å²) in [6.07, 6.45) is -0.823. The molecule has 0 saturated carbocycles. The number of anilines is 1. The number of rotatable bonds is 6. The fraction of sp³-hybridized carbons (Fsp3) is 0.500. The van der Waals surface area contributed by atoms with Gasteiger partial charge in [0.05, 0.1) is 11.7 Å². The third-order valence-electron chi connectivity index (χ3n) is 2.74. The highest BCUT2D eigenvalue weighted by molar-refractivity contribution is 7.16. The van der Waals surface area contributed by atoms with Crippen molar-refractivity contribution in [2.75, 3.05) is 5.32 Å². The van der Waals surface area contributed by atoms with E-state index in [0.717, 1.165) is 10.4 Å². The molecule has 0 aromatic carbocycles. The first-order chi connectivity index (χ1) is 9.72. The van der Waals surface area contributed by atoms with Gasteiger partial charge < -0.3 is 20.0 Å². The molecular formula is C14H18NO5S-. The van der Waals surface area contributed by atoms with Crippen LogP contribution >= 0.6 is 11.3 Å². The molecule has 0 saturated heterocycles. The first-order valence-electron chi connectivity index (χ1n) is 6.53. The molecule has 1 aromatic rings. The summed E-state index contributed by atoms with van der Waals surface area (Å²) in [4.78, 5) is 35.0. The Morgan fingerprint density at radius 2 is 1.86 bits per heavy atom. The topological polar surface area (TPSA) is 95.5 Å². The summed E-state index contributed by atoms with van der Waals surface area (Å²) in [5, 5.41) is 13.3. The molecule has 1 rings (SSSR count). The van der Waals surface area contributed by atoms with Crippen LogP contribution in [-0.4, -0.2) is 23.9 Å². The Morgan fingerprint density at radius 1 is 1.24 bits per heavy atom. The predicted molar refractivity (Wildman–Crippen MR) is 77.2 cm³/mol. The van der Waals surface area contributed by atoms with Gasteiger partial charge in [-0.2, -0.15) is 0 Å². The third kappa shape index (κ3) is 4.86. The molecule has 1 amide bonds. The molecule has 0 bridgehead atoms. The van der Waals surface area contributed by atoms with E-state index in [2.05, 4.69) is 5.32 Å². The minimum Gasteiger partial charge on any atom is -0.550 e. The molecule has 21 heavy (non-hydrogen) atoms. The number of aliphatic carboxylic acids is 1. The molecule has 0 spiro atoms. The Kier molecular flexibility index (Phi) is 5.90. The first-order valence-corrected chi connectivity index (χ1v) is 7.34. The van der Waals surface area contributed by atoms with Crippen molar-refractivity contribution in [2.24, 2.45) is 0 Å². The summed E-state index contributed by atoms with van der Waals surface area (Å²) in [5.41, 5.74) is 1.08. The molecule has 0 aliphatic rings. The van der Waals surface area contributed by atoms with Crippen LogP contribution < -0.4 is 10.4 Å². The smallest absolute Gasteiger partial charge is 0.341 e. The molecule has 0 aliphatic carbocycles. The lowest BCUT2D eigenvalue weighted by molar-refractivity contribution is -0.305. The van der Waals surface area contributed by atoms with Gasteiger partial charge in [0.2, 0.25) is 5.91 Å². The summed E-state index contributed by atoms with van der Waals surface area (Å²) >= 11 is 1.26. The Morgan fingerprint density at radius 3 is 2.38 bits per heavy atom. The molecule has 0 unspecified atom stereocenters. The van der Waals surface area contributed by atoms with E-state index in [1.165, 1.54) is 11.3 Å². The fourth-order valence-corrected chi connectivity index (χ4v) is 2.70. The Labute approximate surface area is 127 Å². The number of carboxylic acids is 1. The van der Waals surface area contributed by atoms with Gasteiger partial charge in [0, 0.05) is 17.3 Å². The normalized spacial score (nSPS) is 10.5. The van der Waals surface area contributed by atoms with Crippen molar-refractivity contribution in [2.45, 2.75) is 46.6 Å². The molecule has 0 fully saturated rings. The Bertz CT molecular complexity index is 562. The zero-order valence-electron chi connectivity index (χ0n) is 12.4. The van der Waals surface area contributed by atoms with Gasteiger partial charge in [-0.15, -0.1) is 11.3 Å². The lowest BCUT2D eigenvalue weighted by atomic mass is 10.1. The number of esters is 1. The molecule has 1 aromatic heterocycles. The van der Waals surface area contributed by atoms with Crippen molar-refractivity contribution in [3.63, 3.8) is 0 Å². The number of thiophene rings is 1. The van der Waals surface area contributed by atoms with Gasteiger partial charge in [-0.1, -0.05) is 0 Å². The molecule has 0 radical (unpaired) electrons. The highest BCUT2D eigenvalue weighted by Gasteiger charge is 2.22. The SMILES string of the molecule is Cc1sc(NC(=O)CCC(=O)[O-])c(C(=O)OC(C)C)c1C. The van der Waals surface area contributed by atoms with Crippen LogP contribution in [0.1, 0.15) is 47.5 Å². The minimum absolute atomic E-state index is 0.197. The number of carbonyl (C=O) groups excluding carboxylic acids is 3. The average Bonchev–Trinajstić information content (AvgIpc) is 2.61. The summed E-state index contributed by atoms with van der Waals surface area (Å²) < 4.78 is 5.16. The number of carboxylic acid groups (broad SMARTS) is 1. The fourth-order valence-electron chi connectivity index (χ4n) is 1.64.